The molecule has 9 aromatic rings. The summed E-state index contributed by atoms with van der Waals surface area (Å²) in [6, 6.07) is 68.6. The second kappa shape index (κ2) is 12.2. The predicted molar refractivity (Wildman–Crippen MR) is 207 cm³/mol. The molecule has 1 heterocycles. The van der Waals surface area contributed by atoms with Crippen molar-refractivity contribution in [2.75, 3.05) is 4.90 Å². The number of rotatable bonds is 6. The van der Waals surface area contributed by atoms with Crippen molar-refractivity contribution in [1.82, 2.24) is 0 Å². The van der Waals surface area contributed by atoms with Crippen molar-refractivity contribution < 1.29 is 0 Å². The summed E-state index contributed by atoms with van der Waals surface area (Å²) in [7, 11) is 0. The van der Waals surface area contributed by atoms with Gasteiger partial charge in [-0.15, -0.1) is 0 Å². The fourth-order valence-electron chi connectivity index (χ4n) is 6.84. The zero-order valence-electron chi connectivity index (χ0n) is 26.3. The first-order chi connectivity index (χ1) is 23.8. The number of benzene rings is 8. The van der Waals surface area contributed by atoms with Gasteiger partial charge < -0.3 is 0 Å². The maximum atomic E-state index is 2.43. The van der Waals surface area contributed by atoms with E-state index in [9.17, 15) is 0 Å². The van der Waals surface area contributed by atoms with Crippen LogP contribution in [0.5, 0.6) is 0 Å². The molecule has 0 fully saturated rings. The molecule has 0 aliphatic carbocycles. The van der Waals surface area contributed by atoms with Gasteiger partial charge in [-0.25, -0.2) is 0 Å². The van der Waals surface area contributed by atoms with Crippen LogP contribution < -0.4 is 4.90 Å². The van der Waals surface area contributed by atoms with Gasteiger partial charge in [-0.3, -0.25) is 0 Å². The minimum atomic E-state index is 0.264. The molecule has 0 saturated carbocycles. The van der Waals surface area contributed by atoms with E-state index in [0.29, 0.717) is 0 Å². The Labute approximate surface area is 286 Å². The van der Waals surface area contributed by atoms with Crippen molar-refractivity contribution in [1.29, 1.82) is 0 Å². The van der Waals surface area contributed by atoms with E-state index in [1.165, 1.54) is 63.4 Å². The van der Waals surface area contributed by atoms with E-state index in [0.717, 1.165) is 17.1 Å². The molecule has 0 atom stereocenters. The van der Waals surface area contributed by atoms with Gasteiger partial charge in [0.15, 0.2) is 0 Å². The molecular formula is C46H31NSe. The van der Waals surface area contributed by atoms with E-state index in [1.54, 1.807) is 0 Å². The van der Waals surface area contributed by atoms with Crippen molar-refractivity contribution in [2.24, 2.45) is 0 Å². The Balaban J connectivity index is 1.28. The quantitative estimate of drug-likeness (QED) is 0.159. The number of anilines is 3. The van der Waals surface area contributed by atoms with Gasteiger partial charge in [0.05, 0.1) is 0 Å². The Morgan fingerprint density at radius 3 is 1.48 bits per heavy atom. The average molecular weight is 677 g/mol. The van der Waals surface area contributed by atoms with Gasteiger partial charge in [-0.2, -0.15) is 0 Å². The second-order valence-electron chi connectivity index (χ2n) is 12.2. The summed E-state index contributed by atoms with van der Waals surface area (Å²) in [6.07, 6.45) is 0. The molecule has 8 aromatic carbocycles. The first-order valence-corrected chi connectivity index (χ1v) is 18.1. The van der Waals surface area contributed by atoms with Crippen LogP contribution in [0.3, 0.4) is 0 Å². The Hall–Kier alpha value is -5.66. The van der Waals surface area contributed by atoms with Crippen molar-refractivity contribution >= 4 is 61.6 Å². The van der Waals surface area contributed by atoms with E-state index < -0.39 is 0 Å². The van der Waals surface area contributed by atoms with Crippen LogP contribution in [0, 0.1) is 0 Å². The molecule has 0 spiro atoms. The van der Waals surface area contributed by atoms with Crippen molar-refractivity contribution in [3.8, 4) is 33.4 Å². The first-order valence-electron chi connectivity index (χ1n) is 16.3. The molecular weight excluding hydrogens is 645 g/mol. The van der Waals surface area contributed by atoms with E-state index in [-0.39, 0.29) is 14.5 Å². The van der Waals surface area contributed by atoms with Gasteiger partial charge in [0.25, 0.3) is 0 Å². The average Bonchev–Trinajstić information content (AvgIpc) is 3.56. The number of fused-ring (bicyclic) bond motifs is 5. The molecule has 48 heavy (non-hydrogen) atoms. The van der Waals surface area contributed by atoms with Crippen LogP contribution in [0.15, 0.2) is 188 Å². The Morgan fingerprint density at radius 1 is 0.312 bits per heavy atom. The summed E-state index contributed by atoms with van der Waals surface area (Å²) in [5.41, 5.74) is 10.6. The van der Waals surface area contributed by atoms with Crippen molar-refractivity contribution in [3.63, 3.8) is 0 Å². The molecule has 0 radical (unpaired) electrons. The molecule has 2 heteroatoms. The maximum absolute atomic E-state index is 2.43. The van der Waals surface area contributed by atoms with Gasteiger partial charge in [0.2, 0.25) is 0 Å². The van der Waals surface area contributed by atoms with Gasteiger partial charge in [0.1, 0.15) is 0 Å². The van der Waals surface area contributed by atoms with Gasteiger partial charge >= 0.3 is 282 Å². The summed E-state index contributed by atoms with van der Waals surface area (Å²) in [4.78, 5) is 2.43. The molecule has 0 bridgehead atoms. The summed E-state index contributed by atoms with van der Waals surface area (Å²) in [5, 5.41) is 5.40. The second-order valence-corrected chi connectivity index (χ2v) is 14.4. The van der Waals surface area contributed by atoms with Crippen molar-refractivity contribution in [2.45, 2.75) is 0 Å². The molecule has 9 rings (SSSR count). The number of hydrogen-bond donors (Lipinski definition) is 0. The molecule has 0 aliphatic heterocycles. The summed E-state index contributed by atoms with van der Waals surface area (Å²) < 4.78 is 2.94. The molecule has 1 aromatic heterocycles. The molecule has 0 amide bonds. The van der Waals surface area contributed by atoms with Crippen LogP contribution in [0.25, 0.3) is 63.4 Å². The van der Waals surface area contributed by atoms with E-state index in [2.05, 4.69) is 193 Å². The van der Waals surface area contributed by atoms with E-state index in [4.69, 9.17) is 0 Å². The van der Waals surface area contributed by atoms with Crippen LogP contribution in [0.1, 0.15) is 0 Å². The van der Waals surface area contributed by atoms with E-state index >= 15 is 0 Å². The molecule has 1 nitrogen and oxygen atoms in total. The van der Waals surface area contributed by atoms with Gasteiger partial charge in [-0.05, 0) is 0 Å². The molecule has 0 saturated heterocycles. The van der Waals surface area contributed by atoms with Crippen molar-refractivity contribution in [3.05, 3.63) is 188 Å². The third-order valence-corrected chi connectivity index (χ3v) is 11.8. The Kier molecular flexibility index (Phi) is 7.24. The SMILES string of the molecule is c1ccc(-c2ccc(N(c3cc(-c4ccccc4)cc(-c4ccccc4)c3)c3ccc4ccc5c6ccccc6[se]c5c4c3)cc2)cc1. The number of nitrogens with zero attached hydrogens (tertiary/aromatic N) is 1. The zero-order valence-corrected chi connectivity index (χ0v) is 28.0. The fraction of sp³-hybridized carbons (Fsp3) is 0. The molecule has 0 unspecified atom stereocenters. The Bertz CT molecular complexity index is 2480. The van der Waals surface area contributed by atoms with Crippen LogP contribution >= 0.6 is 0 Å². The molecule has 0 N–H and O–H groups in total. The standard InChI is InChI=1S/C46H31NSe/c1-4-12-32(13-5-1)35-20-24-39(25-21-35)47(40-26-22-36-23-27-43-42-18-10-11-19-45(42)48-46(43)44(36)31-40)41-29-37(33-14-6-2-7-15-33)28-38(30-41)34-16-8-3-9-17-34/h1-31H. The van der Waals surface area contributed by atoms with Gasteiger partial charge in [0, 0.05) is 0 Å². The van der Waals surface area contributed by atoms with Crippen LogP contribution in [0.2, 0.25) is 0 Å². The first kappa shape index (κ1) is 28.6. The van der Waals surface area contributed by atoms with E-state index in [1.807, 2.05) is 0 Å². The molecule has 0 aliphatic rings. The molecule has 226 valence electrons. The third-order valence-electron chi connectivity index (χ3n) is 9.23. The van der Waals surface area contributed by atoms with Crippen LogP contribution in [-0.4, -0.2) is 14.5 Å². The normalized spacial score (nSPS) is 11.3. The summed E-state index contributed by atoms with van der Waals surface area (Å²) >= 11 is 0.264. The summed E-state index contributed by atoms with van der Waals surface area (Å²) in [5.74, 6) is 0. The monoisotopic (exact) mass is 677 g/mol. The topological polar surface area (TPSA) is 3.24 Å². The zero-order chi connectivity index (χ0) is 31.9. The summed E-state index contributed by atoms with van der Waals surface area (Å²) in [6.45, 7) is 0. The Morgan fingerprint density at radius 2 is 0.833 bits per heavy atom. The van der Waals surface area contributed by atoms with Gasteiger partial charge in [-0.1, -0.05) is 6.07 Å². The predicted octanol–water partition coefficient (Wildman–Crippen LogP) is 12.7. The third kappa shape index (κ3) is 5.22. The number of hydrogen-bond acceptors (Lipinski definition) is 1. The van der Waals surface area contributed by atoms with Crippen LogP contribution in [-0.2, 0) is 0 Å². The van der Waals surface area contributed by atoms with Crippen LogP contribution in [0.4, 0.5) is 17.1 Å². The minimum absolute atomic E-state index is 0.264. The fourth-order valence-corrected chi connectivity index (χ4v) is 9.42.